The summed E-state index contributed by atoms with van der Waals surface area (Å²) in [5.74, 6) is -0.214. The first-order valence-corrected chi connectivity index (χ1v) is 6.85. The molecule has 1 aromatic carbocycles. The highest BCUT2D eigenvalue weighted by Gasteiger charge is 2.11. The molecule has 2 aromatic rings. The molecule has 0 spiro atoms. The van der Waals surface area contributed by atoms with E-state index in [1.807, 2.05) is 18.2 Å². The van der Waals surface area contributed by atoms with Gasteiger partial charge in [0, 0.05) is 14.3 Å². The number of carbonyl (C=O) groups is 1. The van der Waals surface area contributed by atoms with E-state index in [1.165, 1.54) is 11.3 Å². The largest absolute Gasteiger partial charge is 0.319 e. The van der Waals surface area contributed by atoms with Crippen LogP contribution in [-0.2, 0) is 0 Å². The van der Waals surface area contributed by atoms with Crippen molar-refractivity contribution in [3.63, 3.8) is 0 Å². The average Bonchev–Trinajstić information content (AvgIpc) is 2.76. The minimum atomic E-state index is -0.214. The van der Waals surface area contributed by atoms with E-state index in [0.717, 1.165) is 8.95 Å². The minimum absolute atomic E-state index is 0.214. The number of hydrogen-bond donors (Lipinski definition) is 1. The number of nitrogens with one attached hydrogen (secondary N) is 1. The molecular formula is C10H6Br2N2OS. The van der Waals surface area contributed by atoms with Crippen molar-refractivity contribution in [2.45, 2.75) is 0 Å². The van der Waals surface area contributed by atoms with Gasteiger partial charge in [-0.05, 0) is 44.0 Å². The SMILES string of the molecule is O=C(Nc1c(Br)cccc1Br)c1cscn1. The maximum Gasteiger partial charge on any atom is 0.275 e. The van der Waals surface area contributed by atoms with Crippen molar-refractivity contribution >= 4 is 54.8 Å². The Hall–Kier alpha value is -0.720. The van der Waals surface area contributed by atoms with E-state index < -0.39 is 0 Å². The van der Waals surface area contributed by atoms with E-state index >= 15 is 0 Å². The van der Waals surface area contributed by atoms with Gasteiger partial charge in [0.05, 0.1) is 11.2 Å². The highest BCUT2D eigenvalue weighted by molar-refractivity contribution is 9.11. The molecule has 0 radical (unpaired) electrons. The van der Waals surface area contributed by atoms with Gasteiger partial charge >= 0.3 is 0 Å². The third-order valence-corrected chi connectivity index (χ3v) is 3.77. The molecule has 0 unspecified atom stereocenters. The van der Waals surface area contributed by atoms with E-state index in [-0.39, 0.29) is 5.91 Å². The number of para-hydroxylation sites is 1. The minimum Gasteiger partial charge on any atom is -0.319 e. The Labute approximate surface area is 113 Å². The topological polar surface area (TPSA) is 42.0 Å². The number of aromatic nitrogens is 1. The van der Waals surface area contributed by atoms with E-state index in [1.54, 1.807) is 10.9 Å². The molecule has 0 saturated carbocycles. The smallest absolute Gasteiger partial charge is 0.275 e. The summed E-state index contributed by atoms with van der Waals surface area (Å²) in [4.78, 5) is 15.7. The summed E-state index contributed by atoms with van der Waals surface area (Å²) in [6, 6.07) is 5.61. The number of rotatable bonds is 2. The first-order chi connectivity index (χ1) is 7.68. The molecule has 0 aliphatic rings. The van der Waals surface area contributed by atoms with Crippen molar-refractivity contribution < 1.29 is 4.79 Å². The highest BCUT2D eigenvalue weighted by atomic mass is 79.9. The molecule has 1 heterocycles. The molecule has 82 valence electrons. The molecule has 0 aliphatic carbocycles. The van der Waals surface area contributed by atoms with E-state index in [0.29, 0.717) is 11.4 Å². The number of nitrogens with zero attached hydrogens (tertiary/aromatic N) is 1. The first kappa shape index (κ1) is 11.8. The lowest BCUT2D eigenvalue weighted by molar-refractivity contribution is 0.102. The Kier molecular flexibility index (Phi) is 3.73. The Morgan fingerprint density at radius 2 is 2.00 bits per heavy atom. The van der Waals surface area contributed by atoms with Crippen LogP contribution in [0, 0.1) is 0 Å². The predicted octanol–water partition coefficient (Wildman–Crippen LogP) is 3.92. The van der Waals surface area contributed by atoms with Crippen molar-refractivity contribution in [3.8, 4) is 0 Å². The summed E-state index contributed by atoms with van der Waals surface area (Å²) < 4.78 is 1.65. The Balaban J connectivity index is 2.25. The molecule has 16 heavy (non-hydrogen) atoms. The standard InChI is InChI=1S/C10H6Br2N2OS/c11-6-2-1-3-7(12)9(6)14-10(15)8-4-16-5-13-8/h1-5H,(H,14,15). The molecule has 0 atom stereocenters. The molecule has 1 aromatic heterocycles. The maximum absolute atomic E-state index is 11.8. The van der Waals surface area contributed by atoms with Crippen molar-refractivity contribution in [1.82, 2.24) is 4.98 Å². The van der Waals surface area contributed by atoms with E-state index in [4.69, 9.17) is 0 Å². The van der Waals surface area contributed by atoms with Crippen molar-refractivity contribution in [3.05, 3.63) is 43.7 Å². The van der Waals surface area contributed by atoms with Crippen LogP contribution in [0.1, 0.15) is 10.5 Å². The normalized spacial score (nSPS) is 10.1. The van der Waals surface area contributed by atoms with Crippen LogP contribution in [0.4, 0.5) is 5.69 Å². The number of halogens is 2. The van der Waals surface area contributed by atoms with Crippen molar-refractivity contribution in [1.29, 1.82) is 0 Å². The van der Waals surface area contributed by atoms with Gasteiger partial charge in [-0.25, -0.2) is 4.98 Å². The lowest BCUT2D eigenvalue weighted by atomic mass is 10.3. The molecular weight excluding hydrogens is 356 g/mol. The van der Waals surface area contributed by atoms with Gasteiger partial charge < -0.3 is 5.32 Å². The number of anilines is 1. The zero-order valence-corrected chi connectivity index (χ0v) is 11.9. The van der Waals surface area contributed by atoms with Gasteiger partial charge in [-0.1, -0.05) is 6.07 Å². The molecule has 0 saturated heterocycles. The van der Waals surface area contributed by atoms with Crippen LogP contribution in [0.15, 0.2) is 38.0 Å². The summed E-state index contributed by atoms with van der Waals surface area (Å²) >= 11 is 8.14. The fourth-order valence-corrected chi connectivity index (χ4v) is 2.85. The number of amides is 1. The second-order valence-corrected chi connectivity index (χ2v) is 5.35. The van der Waals surface area contributed by atoms with Gasteiger partial charge in [-0.3, -0.25) is 4.79 Å². The van der Waals surface area contributed by atoms with Crippen LogP contribution in [-0.4, -0.2) is 10.9 Å². The number of thiazole rings is 1. The summed E-state index contributed by atoms with van der Waals surface area (Å²) in [6.07, 6.45) is 0. The van der Waals surface area contributed by atoms with Crippen LogP contribution in [0.2, 0.25) is 0 Å². The fourth-order valence-electron chi connectivity index (χ4n) is 1.12. The zero-order chi connectivity index (χ0) is 11.5. The maximum atomic E-state index is 11.8. The van der Waals surface area contributed by atoms with E-state index in [9.17, 15) is 4.79 Å². The third kappa shape index (κ3) is 2.50. The number of benzene rings is 1. The highest BCUT2D eigenvalue weighted by Crippen LogP contribution is 2.30. The number of hydrogen-bond acceptors (Lipinski definition) is 3. The van der Waals surface area contributed by atoms with Crippen molar-refractivity contribution in [2.24, 2.45) is 0 Å². The Morgan fingerprint density at radius 1 is 1.31 bits per heavy atom. The van der Waals surface area contributed by atoms with Crippen LogP contribution in [0.5, 0.6) is 0 Å². The van der Waals surface area contributed by atoms with Gasteiger partial charge in [-0.15, -0.1) is 11.3 Å². The van der Waals surface area contributed by atoms with Crippen LogP contribution >= 0.6 is 43.2 Å². The Bertz CT molecular complexity index is 493. The molecule has 1 N–H and O–H groups in total. The molecule has 3 nitrogen and oxygen atoms in total. The van der Waals surface area contributed by atoms with Crippen molar-refractivity contribution in [2.75, 3.05) is 5.32 Å². The fraction of sp³-hybridized carbons (Fsp3) is 0. The van der Waals surface area contributed by atoms with Crippen LogP contribution < -0.4 is 5.32 Å². The predicted molar refractivity (Wildman–Crippen MR) is 71.9 cm³/mol. The monoisotopic (exact) mass is 360 g/mol. The molecule has 1 amide bonds. The van der Waals surface area contributed by atoms with Gasteiger partial charge in [-0.2, -0.15) is 0 Å². The van der Waals surface area contributed by atoms with Crippen LogP contribution in [0.25, 0.3) is 0 Å². The average molecular weight is 362 g/mol. The van der Waals surface area contributed by atoms with Gasteiger partial charge in [0.2, 0.25) is 0 Å². The second kappa shape index (κ2) is 5.07. The zero-order valence-electron chi connectivity index (χ0n) is 7.91. The lowest BCUT2D eigenvalue weighted by Crippen LogP contribution is -2.12. The number of carbonyl (C=O) groups excluding carboxylic acids is 1. The van der Waals surface area contributed by atoms with Gasteiger partial charge in [0.25, 0.3) is 5.91 Å². The first-order valence-electron chi connectivity index (χ1n) is 4.32. The van der Waals surface area contributed by atoms with E-state index in [2.05, 4.69) is 42.2 Å². The Morgan fingerprint density at radius 3 is 2.56 bits per heavy atom. The lowest BCUT2D eigenvalue weighted by Gasteiger charge is -2.07. The third-order valence-electron chi connectivity index (χ3n) is 1.87. The molecule has 0 aliphatic heterocycles. The molecule has 2 rings (SSSR count). The van der Waals surface area contributed by atoms with Gasteiger partial charge in [0.15, 0.2) is 0 Å². The molecule has 0 bridgehead atoms. The summed E-state index contributed by atoms with van der Waals surface area (Å²) in [5.41, 5.74) is 2.76. The second-order valence-electron chi connectivity index (χ2n) is 2.92. The molecule has 6 heteroatoms. The molecule has 0 fully saturated rings. The summed E-state index contributed by atoms with van der Waals surface area (Å²) in [7, 11) is 0. The van der Waals surface area contributed by atoms with Gasteiger partial charge in [0.1, 0.15) is 5.69 Å². The quantitative estimate of drug-likeness (QED) is 0.880. The summed E-state index contributed by atoms with van der Waals surface area (Å²) in [5, 5.41) is 4.50. The summed E-state index contributed by atoms with van der Waals surface area (Å²) in [6.45, 7) is 0. The van der Waals surface area contributed by atoms with Crippen LogP contribution in [0.3, 0.4) is 0 Å².